The van der Waals surface area contributed by atoms with E-state index in [0.717, 1.165) is 93.5 Å². The van der Waals surface area contributed by atoms with Gasteiger partial charge in [0.1, 0.15) is 6.21 Å². The zero-order valence-electron chi connectivity index (χ0n) is 25.8. The van der Waals surface area contributed by atoms with E-state index in [1.807, 2.05) is 6.07 Å². The number of aromatic nitrogens is 1. The van der Waals surface area contributed by atoms with Crippen molar-refractivity contribution in [3.8, 4) is 5.75 Å². The highest BCUT2D eigenvalue weighted by Gasteiger charge is 2.25. The molecule has 0 bridgehead atoms. The molecule has 0 spiro atoms. The van der Waals surface area contributed by atoms with Gasteiger partial charge in [-0.2, -0.15) is 4.57 Å². The van der Waals surface area contributed by atoms with Crippen LogP contribution in [0.3, 0.4) is 0 Å². The normalized spacial score (nSPS) is 17.5. The van der Waals surface area contributed by atoms with Gasteiger partial charge in [-0.05, 0) is 49.3 Å². The molecule has 2 aliphatic rings. The quantitative estimate of drug-likeness (QED) is 0.302. The monoisotopic (exact) mass is 569 g/mol. The summed E-state index contributed by atoms with van der Waals surface area (Å²) in [4.78, 5) is 2.31. The van der Waals surface area contributed by atoms with E-state index in [0.29, 0.717) is 0 Å². The van der Waals surface area contributed by atoms with E-state index in [-0.39, 0.29) is 0 Å². The molecule has 222 valence electrons. The van der Waals surface area contributed by atoms with Gasteiger partial charge in [0.25, 0.3) is 0 Å². The number of allylic oxidation sites excluding steroid dienone is 2. The average molecular weight is 570 g/mol. The fourth-order valence-corrected chi connectivity index (χ4v) is 5.70. The first-order valence-corrected chi connectivity index (χ1v) is 15.6. The van der Waals surface area contributed by atoms with Crippen molar-refractivity contribution < 1.29 is 18.4 Å². The number of para-hydroxylation sites is 3. The van der Waals surface area contributed by atoms with Gasteiger partial charge in [-0.1, -0.05) is 36.4 Å². The molecular formula is C35H49N6O+3. The van der Waals surface area contributed by atoms with E-state index in [9.17, 15) is 0 Å². The van der Waals surface area contributed by atoms with Crippen LogP contribution in [-0.4, -0.2) is 88.8 Å². The van der Waals surface area contributed by atoms with Crippen LogP contribution in [0.25, 0.3) is 17.0 Å². The topological polar surface area (TPSA) is 43.4 Å². The maximum Gasteiger partial charge on any atom is 0.213 e. The molecule has 7 nitrogen and oxygen atoms in total. The van der Waals surface area contributed by atoms with Crippen molar-refractivity contribution in [2.75, 3.05) is 78.4 Å². The second-order valence-corrected chi connectivity index (χ2v) is 12.3. The van der Waals surface area contributed by atoms with Crippen molar-refractivity contribution in [1.82, 2.24) is 10.6 Å². The molecule has 3 heterocycles. The lowest BCUT2D eigenvalue weighted by molar-refractivity contribution is -0.870. The Kier molecular flexibility index (Phi) is 10.4. The van der Waals surface area contributed by atoms with Crippen molar-refractivity contribution in [3.05, 3.63) is 84.4 Å². The van der Waals surface area contributed by atoms with Gasteiger partial charge in [-0.15, -0.1) is 0 Å². The molecule has 0 atom stereocenters. The number of hydrogen-bond donors (Lipinski definition) is 2. The van der Waals surface area contributed by atoms with Crippen LogP contribution in [-0.2, 0) is 6.54 Å². The van der Waals surface area contributed by atoms with Crippen molar-refractivity contribution in [3.63, 3.8) is 0 Å². The number of pyridine rings is 1. The Morgan fingerprint density at radius 3 is 2.50 bits per heavy atom. The molecule has 5 rings (SSSR count). The Labute approximate surface area is 252 Å². The number of rotatable bonds is 9. The van der Waals surface area contributed by atoms with Crippen LogP contribution < -0.4 is 24.8 Å². The third-order valence-electron chi connectivity index (χ3n) is 7.94. The summed E-state index contributed by atoms with van der Waals surface area (Å²) in [7, 11) is 6.73. The van der Waals surface area contributed by atoms with E-state index in [1.165, 1.54) is 22.9 Å². The van der Waals surface area contributed by atoms with Gasteiger partial charge < -0.3 is 24.8 Å². The van der Waals surface area contributed by atoms with Crippen molar-refractivity contribution >= 4 is 28.9 Å². The predicted octanol–water partition coefficient (Wildman–Crippen LogP) is 4.03. The number of anilines is 1. The van der Waals surface area contributed by atoms with E-state index < -0.39 is 0 Å². The van der Waals surface area contributed by atoms with E-state index >= 15 is 0 Å². The van der Waals surface area contributed by atoms with Crippen LogP contribution in [0.1, 0.15) is 24.8 Å². The highest BCUT2D eigenvalue weighted by atomic mass is 16.5. The summed E-state index contributed by atoms with van der Waals surface area (Å²) in [5.74, 6) is 1.82. The average Bonchev–Trinajstić information content (AvgIpc) is 3.33. The fraction of sp³-hybridized carbons (Fsp3) is 0.429. The maximum atomic E-state index is 6.28. The SMILES string of the molecule is C[N+](C)(C)CCCN1C(=CC=Cc2cc[n+](CCC=[N+]3CCNCCCNCC3)c3ccccc23)Oc2ccccc21. The summed E-state index contributed by atoms with van der Waals surface area (Å²) < 4.78 is 12.1. The molecule has 7 heteroatoms. The molecule has 1 fully saturated rings. The summed E-state index contributed by atoms with van der Waals surface area (Å²) in [6.07, 6.45) is 14.4. The number of quaternary nitrogens is 1. The van der Waals surface area contributed by atoms with E-state index in [4.69, 9.17) is 4.74 Å². The van der Waals surface area contributed by atoms with Crippen LogP contribution in [0.5, 0.6) is 5.75 Å². The second-order valence-electron chi connectivity index (χ2n) is 12.3. The zero-order valence-corrected chi connectivity index (χ0v) is 25.8. The third-order valence-corrected chi connectivity index (χ3v) is 7.94. The smallest absolute Gasteiger partial charge is 0.213 e. The summed E-state index contributed by atoms with van der Waals surface area (Å²) in [5, 5.41) is 8.36. The second kappa shape index (κ2) is 14.6. The Bertz CT molecular complexity index is 1410. The Hall–Kier alpha value is -3.52. The highest BCUT2D eigenvalue weighted by molar-refractivity contribution is 5.85. The van der Waals surface area contributed by atoms with Gasteiger partial charge in [0.05, 0.1) is 58.3 Å². The van der Waals surface area contributed by atoms with Gasteiger partial charge in [-0.25, -0.2) is 4.58 Å². The Balaban J connectivity index is 1.29. The largest absolute Gasteiger partial charge is 0.439 e. The summed E-state index contributed by atoms with van der Waals surface area (Å²) in [6, 6.07) is 19.3. The predicted molar refractivity (Wildman–Crippen MR) is 174 cm³/mol. The zero-order chi connectivity index (χ0) is 29.2. The van der Waals surface area contributed by atoms with Crippen LogP contribution in [0.2, 0.25) is 0 Å². The molecule has 1 aromatic heterocycles. The lowest BCUT2D eigenvalue weighted by Crippen LogP contribution is -2.37. The van der Waals surface area contributed by atoms with Crippen molar-refractivity contribution in [1.29, 1.82) is 0 Å². The van der Waals surface area contributed by atoms with Gasteiger partial charge in [0.15, 0.2) is 31.6 Å². The molecule has 42 heavy (non-hydrogen) atoms. The summed E-state index contributed by atoms with van der Waals surface area (Å²) in [6.45, 7) is 9.42. The Morgan fingerprint density at radius 2 is 1.69 bits per heavy atom. The minimum Gasteiger partial charge on any atom is -0.439 e. The summed E-state index contributed by atoms with van der Waals surface area (Å²) >= 11 is 0. The molecular weight excluding hydrogens is 520 g/mol. The number of nitrogens with one attached hydrogen (secondary N) is 2. The number of nitrogens with zero attached hydrogens (tertiary/aromatic N) is 4. The molecule has 0 radical (unpaired) electrons. The molecule has 2 N–H and O–H groups in total. The third kappa shape index (κ3) is 8.28. The molecule has 1 saturated heterocycles. The molecule has 3 aromatic rings. The van der Waals surface area contributed by atoms with Crippen molar-refractivity contribution in [2.24, 2.45) is 0 Å². The molecule has 0 unspecified atom stereocenters. The van der Waals surface area contributed by atoms with Crippen LogP contribution in [0, 0.1) is 0 Å². The number of fused-ring (bicyclic) bond motifs is 2. The minimum atomic E-state index is 0.889. The molecule has 0 saturated carbocycles. The molecule has 2 aliphatic heterocycles. The van der Waals surface area contributed by atoms with Crippen LogP contribution in [0.15, 0.2) is 78.8 Å². The Morgan fingerprint density at radius 1 is 0.929 bits per heavy atom. The van der Waals surface area contributed by atoms with Gasteiger partial charge in [0, 0.05) is 25.1 Å². The molecule has 2 aromatic carbocycles. The first-order valence-electron chi connectivity index (χ1n) is 15.6. The lowest BCUT2D eigenvalue weighted by atomic mass is 10.1. The molecule has 0 aliphatic carbocycles. The van der Waals surface area contributed by atoms with Gasteiger partial charge >= 0.3 is 0 Å². The highest BCUT2D eigenvalue weighted by Crippen LogP contribution is 2.38. The fourth-order valence-electron chi connectivity index (χ4n) is 5.70. The van der Waals surface area contributed by atoms with Crippen LogP contribution >= 0.6 is 0 Å². The van der Waals surface area contributed by atoms with Crippen LogP contribution in [0.4, 0.5) is 5.69 Å². The van der Waals surface area contributed by atoms with E-state index in [1.54, 1.807) is 0 Å². The van der Waals surface area contributed by atoms with Crippen molar-refractivity contribution in [2.45, 2.75) is 25.8 Å². The first-order chi connectivity index (χ1) is 20.5. The maximum absolute atomic E-state index is 6.28. The summed E-state index contributed by atoms with van der Waals surface area (Å²) in [5.41, 5.74) is 3.62. The molecule has 0 amide bonds. The lowest BCUT2D eigenvalue weighted by Gasteiger charge is -2.25. The number of benzene rings is 2. The van der Waals surface area contributed by atoms with Gasteiger partial charge in [-0.3, -0.25) is 0 Å². The first kappa shape index (κ1) is 30.0. The number of aryl methyl sites for hydroxylation is 1. The minimum absolute atomic E-state index is 0.889. The van der Waals surface area contributed by atoms with Gasteiger partial charge in [0.2, 0.25) is 11.4 Å². The standard InChI is InChI=1S/C35H49N6O/c1-41(2,3)29-11-25-40-33-15-6-7-16-34(33)42-35(40)17-8-12-30-18-26-39(32-14-5-4-13-31(30)32)24-10-23-38-27-21-36-19-9-20-37-22-28-38/h4-8,12-18,23,26,36-37H,9-11,19-22,24-25,27-29H2,1-3H3/q+3. The van der Waals surface area contributed by atoms with E-state index in [2.05, 4.69) is 125 Å². The number of ether oxygens (including phenoxy) is 1. The number of hydrogen-bond acceptors (Lipinski definition) is 4.